The third kappa shape index (κ3) is 3.54. The minimum atomic E-state index is 0.125. The van der Waals surface area contributed by atoms with Crippen LogP contribution in [0, 0.1) is 11.3 Å². The van der Waals surface area contributed by atoms with E-state index < -0.39 is 0 Å². The number of nitrogens with one attached hydrogen (secondary N) is 1. The number of nitrogens with zero attached hydrogens (tertiary/aromatic N) is 1. The van der Waals surface area contributed by atoms with Crippen molar-refractivity contribution in [2.24, 2.45) is 0 Å². The molecule has 0 saturated heterocycles. The lowest BCUT2D eigenvalue weighted by atomic mass is 10.2. The fourth-order valence-electron chi connectivity index (χ4n) is 1.10. The fourth-order valence-corrected chi connectivity index (χ4v) is 1.46. The molecule has 0 saturated carbocycles. The van der Waals surface area contributed by atoms with E-state index in [4.69, 9.17) is 10.00 Å². The predicted octanol–water partition coefficient (Wildman–Crippen LogP) is 2.77. The zero-order valence-electron chi connectivity index (χ0n) is 8.75. The SMILES string of the molecule is COC(C)CNc1ccc(Br)cc1C#N. The van der Waals surface area contributed by atoms with Crippen LogP contribution in [0.15, 0.2) is 22.7 Å². The number of anilines is 1. The van der Waals surface area contributed by atoms with Gasteiger partial charge in [-0.2, -0.15) is 5.26 Å². The number of nitriles is 1. The zero-order chi connectivity index (χ0) is 11.3. The Kier molecular flexibility index (Phi) is 4.60. The lowest BCUT2D eigenvalue weighted by Crippen LogP contribution is -2.18. The van der Waals surface area contributed by atoms with Crippen molar-refractivity contribution in [3.63, 3.8) is 0 Å². The number of hydrogen-bond donors (Lipinski definition) is 1. The van der Waals surface area contributed by atoms with Gasteiger partial charge in [-0.15, -0.1) is 0 Å². The van der Waals surface area contributed by atoms with E-state index in [1.807, 2.05) is 19.1 Å². The molecular formula is C11H13BrN2O. The molecule has 1 aromatic rings. The first kappa shape index (κ1) is 12.0. The highest BCUT2D eigenvalue weighted by atomic mass is 79.9. The molecule has 0 amide bonds. The molecule has 0 bridgehead atoms. The number of hydrogen-bond acceptors (Lipinski definition) is 3. The van der Waals surface area contributed by atoms with E-state index in [1.54, 1.807) is 13.2 Å². The van der Waals surface area contributed by atoms with Gasteiger partial charge in [-0.1, -0.05) is 15.9 Å². The molecule has 0 aromatic heterocycles. The second-order valence-electron chi connectivity index (χ2n) is 3.23. The van der Waals surface area contributed by atoms with Crippen LogP contribution in [0.25, 0.3) is 0 Å². The minimum absolute atomic E-state index is 0.125. The first-order valence-corrected chi connectivity index (χ1v) is 5.43. The molecule has 1 rings (SSSR count). The van der Waals surface area contributed by atoms with Crippen molar-refractivity contribution in [1.29, 1.82) is 5.26 Å². The molecule has 1 aromatic carbocycles. The summed E-state index contributed by atoms with van der Waals surface area (Å²) < 4.78 is 6.02. The van der Waals surface area contributed by atoms with Gasteiger partial charge in [-0.05, 0) is 25.1 Å². The van der Waals surface area contributed by atoms with Gasteiger partial charge in [-0.25, -0.2) is 0 Å². The van der Waals surface area contributed by atoms with Crippen LogP contribution in [0.2, 0.25) is 0 Å². The van der Waals surface area contributed by atoms with Crippen molar-refractivity contribution < 1.29 is 4.74 Å². The van der Waals surface area contributed by atoms with Crippen LogP contribution in [-0.2, 0) is 4.74 Å². The van der Waals surface area contributed by atoms with Gasteiger partial charge in [0.1, 0.15) is 6.07 Å². The van der Waals surface area contributed by atoms with E-state index in [1.165, 1.54) is 0 Å². The summed E-state index contributed by atoms with van der Waals surface area (Å²) in [5, 5.41) is 12.1. The quantitative estimate of drug-likeness (QED) is 0.914. The monoisotopic (exact) mass is 268 g/mol. The lowest BCUT2D eigenvalue weighted by Gasteiger charge is -2.12. The summed E-state index contributed by atoms with van der Waals surface area (Å²) in [6.45, 7) is 2.66. The molecule has 0 radical (unpaired) electrons. The molecule has 0 fully saturated rings. The average Bonchev–Trinajstić information content (AvgIpc) is 2.26. The van der Waals surface area contributed by atoms with E-state index in [-0.39, 0.29) is 6.10 Å². The van der Waals surface area contributed by atoms with Crippen LogP contribution in [0.3, 0.4) is 0 Å². The Balaban J connectivity index is 2.73. The number of ether oxygens (including phenoxy) is 1. The molecule has 15 heavy (non-hydrogen) atoms. The Morgan fingerprint density at radius 2 is 2.33 bits per heavy atom. The Labute approximate surface area is 98.2 Å². The fraction of sp³-hybridized carbons (Fsp3) is 0.364. The summed E-state index contributed by atoms with van der Waals surface area (Å²) in [6.07, 6.45) is 0.125. The van der Waals surface area contributed by atoms with E-state index in [0.717, 1.165) is 10.2 Å². The molecule has 0 aliphatic heterocycles. The Morgan fingerprint density at radius 1 is 1.60 bits per heavy atom. The van der Waals surface area contributed by atoms with Gasteiger partial charge in [0, 0.05) is 18.1 Å². The topological polar surface area (TPSA) is 45.0 Å². The summed E-state index contributed by atoms with van der Waals surface area (Å²) in [5.41, 5.74) is 1.47. The van der Waals surface area contributed by atoms with Crippen LogP contribution in [0.1, 0.15) is 12.5 Å². The molecule has 1 unspecified atom stereocenters. The second kappa shape index (κ2) is 5.74. The van der Waals surface area contributed by atoms with Crippen molar-refractivity contribution in [2.45, 2.75) is 13.0 Å². The Morgan fingerprint density at radius 3 is 2.93 bits per heavy atom. The van der Waals surface area contributed by atoms with Crippen molar-refractivity contribution >= 4 is 21.6 Å². The molecule has 0 heterocycles. The Hall–Kier alpha value is -1.05. The van der Waals surface area contributed by atoms with E-state index in [2.05, 4.69) is 27.3 Å². The highest BCUT2D eigenvalue weighted by Gasteiger charge is 2.04. The molecule has 0 spiro atoms. The molecule has 0 aliphatic rings. The molecule has 3 nitrogen and oxygen atoms in total. The minimum Gasteiger partial charge on any atom is -0.381 e. The van der Waals surface area contributed by atoms with Crippen LogP contribution in [0.5, 0.6) is 0 Å². The number of methoxy groups -OCH3 is 1. The van der Waals surface area contributed by atoms with Crippen LogP contribution in [0.4, 0.5) is 5.69 Å². The predicted molar refractivity (Wildman–Crippen MR) is 63.8 cm³/mol. The van der Waals surface area contributed by atoms with Gasteiger partial charge < -0.3 is 10.1 Å². The van der Waals surface area contributed by atoms with Crippen molar-refractivity contribution in [3.05, 3.63) is 28.2 Å². The first-order chi connectivity index (χ1) is 7.17. The van der Waals surface area contributed by atoms with Gasteiger partial charge in [0.05, 0.1) is 17.4 Å². The number of benzene rings is 1. The van der Waals surface area contributed by atoms with Gasteiger partial charge in [0.15, 0.2) is 0 Å². The molecule has 1 N–H and O–H groups in total. The number of rotatable bonds is 4. The van der Waals surface area contributed by atoms with E-state index >= 15 is 0 Å². The number of halogens is 1. The summed E-state index contributed by atoms with van der Waals surface area (Å²) in [6, 6.07) is 7.72. The maximum absolute atomic E-state index is 8.92. The first-order valence-electron chi connectivity index (χ1n) is 4.63. The third-order valence-electron chi connectivity index (χ3n) is 2.08. The van der Waals surface area contributed by atoms with Crippen LogP contribution < -0.4 is 5.32 Å². The smallest absolute Gasteiger partial charge is 0.101 e. The molecule has 80 valence electrons. The normalized spacial score (nSPS) is 11.9. The van der Waals surface area contributed by atoms with Crippen LogP contribution in [-0.4, -0.2) is 19.8 Å². The van der Waals surface area contributed by atoms with Gasteiger partial charge in [-0.3, -0.25) is 0 Å². The molecule has 1 atom stereocenters. The van der Waals surface area contributed by atoms with Gasteiger partial charge >= 0.3 is 0 Å². The molecule has 0 aliphatic carbocycles. The zero-order valence-corrected chi connectivity index (χ0v) is 10.3. The summed E-state index contributed by atoms with van der Waals surface area (Å²) >= 11 is 3.33. The third-order valence-corrected chi connectivity index (χ3v) is 2.58. The van der Waals surface area contributed by atoms with E-state index in [0.29, 0.717) is 12.1 Å². The molecular weight excluding hydrogens is 256 g/mol. The largest absolute Gasteiger partial charge is 0.381 e. The highest BCUT2D eigenvalue weighted by Crippen LogP contribution is 2.20. The van der Waals surface area contributed by atoms with Crippen molar-refractivity contribution in [3.8, 4) is 6.07 Å². The van der Waals surface area contributed by atoms with Gasteiger partial charge in [0.25, 0.3) is 0 Å². The molecule has 4 heteroatoms. The second-order valence-corrected chi connectivity index (χ2v) is 4.14. The van der Waals surface area contributed by atoms with E-state index in [9.17, 15) is 0 Å². The van der Waals surface area contributed by atoms with Crippen molar-refractivity contribution in [2.75, 3.05) is 19.0 Å². The lowest BCUT2D eigenvalue weighted by molar-refractivity contribution is 0.129. The Bertz CT molecular complexity index is 373. The van der Waals surface area contributed by atoms with Crippen molar-refractivity contribution in [1.82, 2.24) is 0 Å². The van der Waals surface area contributed by atoms with Gasteiger partial charge in [0.2, 0.25) is 0 Å². The average molecular weight is 269 g/mol. The maximum atomic E-state index is 8.92. The highest BCUT2D eigenvalue weighted by molar-refractivity contribution is 9.10. The van der Waals surface area contributed by atoms with Crippen LogP contribution >= 0.6 is 15.9 Å². The summed E-state index contributed by atoms with van der Waals surface area (Å²) in [4.78, 5) is 0. The summed E-state index contributed by atoms with van der Waals surface area (Å²) in [7, 11) is 1.67. The summed E-state index contributed by atoms with van der Waals surface area (Å²) in [5.74, 6) is 0. The maximum Gasteiger partial charge on any atom is 0.101 e. The standard InChI is InChI=1S/C11H13BrN2O/c1-8(15-2)7-14-11-4-3-10(12)5-9(11)6-13/h3-5,8,14H,7H2,1-2H3.